The van der Waals surface area contributed by atoms with E-state index in [4.69, 9.17) is 4.74 Å². The van der Waals surface area contributed by atoms with Crippen LogP contribution in [-0.4, -0.2) is 22.6 Å². The summed E-state index contributed by atoms with van der Waals surface area (Å²) in [6.45, 7) is 4.48. The molecule has 3 aromatic rings. The maximum atomic E-state index is 13.2. The maximum Gasteiger partial charge on any atom is 0.159 e. The molecule has 1 atom stereocenters. The molecule has 0 N–H and O–H groups in total. The minimum absolute atomic E-state index is 0.0373. The van der Waals surface area contributed by atoms with Crippen LogP contribution in [0.5, 0.6) is 5.75 Å². The van der Waals surface area contributed by atoms with Crippen LogP contribution in [0.25, 0.3) is 11.4 Å². The Kier molecular flexibility index (Phi) is 6.20. The molecule has 0 saturated carbocycles. The lowest BCUT2D eigenvalue weighted by atomic mass is 10.0. The van der Waals surface area contributed by atoms with E-state index in [0.29, 0.717) is 30.3 Å². The zero-order chi connectivity index (χ0) is 19.1. The quantitative estimate of drug-likeness (QED) is 0.528. The molecule has 0 spiro atoms. The fourth-order valence-corrected chi connectivity index (χ4v) is 2.63. The molecule has 0 bridgehead atoms. The summed E-state index contributed by atoms with van der Waals surface area (Å²) < 4.78 is 18.6. The molecule has 3 rings (SSSR count). The summed E-state index contributed by atoms with van der Waals surface area (Å²) in [5.74, 6) is 0.986. The number of benzene rings is 2. The van der Waals surface area contributed by atoms with Crippen molar-refractivity contribution in [2.24, 2.45) is 10.2 Å². The van der Waals surface area contributed by atoms with E-state index in [2.05, 4.69) is 20.2 Å². The molecule has 0 aliphatic rings. The highest BCUT2D eigenvalue weighted by Crippen LogP contribution is 2.20. The Morgan fingerprint density at radius 3 is 2.59 bits per heavy atom. The van der Waals surface area contributed by atoms with E-state index in [9.17, 15) is 4.39 Å². The van der Waals surface area contributed by atoms with Gasteiger partial charge in [-0.25, -0.2) is 14.4 Å². The van der Waals surface area contributed by atoms with Gasteiger partial charge in [0.15, 0.2) is 11.6 Å². The number of nitrogens with zero attached hydrogens (tertiary/aromatic N) is 4. The Hall–Kier alpha value is -3.15. The van der Waals surface area contributed by atoms with Crippen LogP contribution in [0.3, 0.4) is 0 Å². The summed E-state index contributed by atoms with van der Waals surface area (Å²) in [6, 6.07) is 14.1. The Morgan fingerprint density at radius 1 is 1.07 bits per heavy atom. The third-order valence-corrected chi connectivity index (χ3v) is 3.83. The predicted octanol–water partition coefficient (Wildman–Crippen LogP) is 5.40. The molecule has 27 heavy (non-hydrogen) atoms. The van der Waals surface area contributed by atoms with E-state index >= 15 is 0 Å². The third-order valence-electron chi connectivity index (χ3n) is 3.83. The van der Waals surface area contributed by atoms with Gasteiger partial charge in [-0.3, -0.25) is 0 Å². The van der Waals surface area contributed by atoms with Gasteiger partial charge in [-0.15, -0.1) is 0 Å². The second kappa shape index (κ2) is 8.98. The van der Waals surface area contributed by atoms with Gasteiger partial charge in [-0.05, 0) is 44.0 Å². The SMILES string of the molecule is CCOc1cnc(-c2cccc(CC(C)N=Nc3cccc(F)c3)c2)nc1. The molecule has 0 aliphatic heterocycles. The summed E-state index contributed by atoms with van der Waals surface area (Å²) in [7, 11) is 0. The average Bonchev–Trinajstić information content (AvgIpc) is 2.68. The number of hydrogen-bond acceptors (Lipinski definition) is 5. The number of aromatic nitrogens is 2. The Labute approximate surface area is 158 Å². The minimum atomic E-state index is -0.317. The molecule has 1 unspecified atom stereocenters. The lowest BCUT2D eigenvalue weighted by Gasteiger charge is -2.08. The fourth-order valence-electron chi connectivity index (χ4n) is 2.63. The van der Waals surface area contributed by atoms with Crippen molar-refractivity contribution >= 4 is 5.69 Å². The fraction of sp³-hybridized carbons (Fsp3) is 0.238. The second-order valence-corrected chi connectivity index (χ2v) is 6.12. The first-order valence-electron chi connectivity index (χ1n) is 8.84. The van der Waals surface area contributed by atoms with Gasteiger partial charge in [0.2, 0.25) is 0 Å². The molecule has 0 radical (unpaired) electrons. The zero-order valence-corrected chi connectivity index (χ0v) is 15.3. The molecular weight excluding hydrogens is 343 g/mol. The van der Waals surface area contributed by atoms with Crippen LogP contribution in [0.15, 0.2) is 71.2 Å². The number of azo groups is 1. The number of hydrogen-bond donors (Lipinski definition) is 0. The molecule has 5 nitrogen and oxygen atoms in total. The summed E-state index contributed by atoms with van der Waals surface area (Å²) in [5.41, 5.74) is 2.55. The van der Waals surface area contributed by atoms with Gasteiger partial charge in [0, 0.05) is 11.6 Å². The van der Waals surface area contributed by atoms with Crippen LogP contribution >= 0.6 is 0 Å². The molecule has 1 aromatic heterocycles. The Bertz CT molecular complexity index is 912. The summed E-state index contributed by atoms with van der Waals surface area (Å²) >= 11 is 0. The van der Waals surface area contributed by atoms with E-state index in [-0.39, 0.29) is 11.9 Å². The van der Waals surface area contributed by atoms with E-state index in [0.717, 1.165) is 11.1 Å². The predicted molar refractivity (Wildman–Crippen MR) is 103 cm³/mol. The Morgan fingerprint density at radius 2 is 1.85 bits per heavy atom. The third kappa shape index (κ3) is 5.41. The van der Waals surface area contributed by atoms with Crippen molar-refractivity contribution in [3.05, 3.63) is 72.3 Å². The molecule has 0 fully saturated rings. The van der Waals surface area contributed by atoms with Crippen molar-refractivity contribution < 1.29 is 9.13 Å². The van der Waals surface area contributed by atoms with Gasteiger partial charge in [0.05, 0.1) is 30.7 Å². The van der Waals surface area contributed by atoms with Gasteiger partial charge in [-0.2, -0.15) is 10.2 Å². The molecule has 0 saturated heterocycles. The molecule has 138 valence electrons. The van der Waals surface area contributed by atoms with E-state index in [1.165, 1.54) is 12.1 Å². The molecule has 0 aliphatic carbocycles. The highest BCUT2D eigenvalue weighted by molar-refractivity contribution is 5.56. The van der Waals surface area contributed by atoms with Crippen molar-refractivity contribution in [2.45, 2.75) is 26.3 Å². The maximum absolute atomic E-state index is 13.2. The van der Waals surface area contributed by atoms with Crippen LogP contribution in [0.1, 0.15) is 19.4 Å². The van der Waals surface area contributed by atoms with E-state index in [1.807, 2.05) is 38.1 Å². The molecular formula is C21H21FN4O. The normalized spacial score (nSPS) is 12.3. The zero-order valence-electron chi connectivity index (χ0n) is 15.3. The summed E-state index contributed by atoms with van der Waals surface area (Å²) in [6.07, 6.45) is 4.06. The molecule has 2 aromatic carbocycles. The van der Waals surface area contributed by atoms with Gasteiger partial charge in [0.25, 0.3) is 0 Å². The van der Waals surface area contributed by atoms with Crippen LogP contribution in [-0.2, 0) is 6.42 Å². The Balaban J connectivity index is 1.68. The van der Waals surface area contributed by atoms with Gasteiger partial charge in [-0.1, -0.05) is 24.3 Å². The van der Waals surface area contributed by atoms with Crippen molar-refractivity contribution in [3.8, 4) is 17.1 Å². The van der Waals surface area contributed by atoms with Gasteiger partial charge in [0.1, 0.15) is 5.82 Å². The van der Waals surface area contributed by atoms with Gasteiger partial charge >= 0.3 is 0 Å². The smallest absolute Gasteiger partial charge is 0.159 e. The van der Waals surface area contributed by atoms with Crippen molar-refractivity contribution in [3.63, 3.8) is 0 Å². The number of rotatable bonds is 7. The molecule has 0 amide bonds. The second-order valence-electron chi connectivity index (χ2n) is 6.12. The molecule has 1 heterocycles. The van der Waals surface area contributed by atoms with Crippen LogP contribution < -0.4 is 4.74 Å². The van der Waals surface area contributed by atoms with Crippen molar-refractivity contribution in [1.82, 2.24) is 9.97 Å². The number of ether oxygens (including phenoxy) is 1. The van der Waals surface area contributed by atoms with Crippen LogP contribution in [0.4, 0.5) is 10.1 Å². The highest BCUT2D eigenvalue weighted by Gasteiger charge is 2.06. The highest BCUT2D eigenvalue weighted by atomic mass is 19.1. The monoisotopic (exact) mass is 364 g/mol. The lowest BCUT2D eigenvalue weighted by molar-refractivity contribution is 0.337. The first kappa shape index (κ1) is 18.6. The first-order valence-corrected chi connectivity index (χ1v) is 8.84. The standard InChI is InChI=1S/C21H21FN4O/c1-3-27-20-13-23-21(24-14-20)17-7-4-6-16(11-17)10-15(2)25-26-19-9-5-8-18(22)12-19/h4-9,11-15H,3,10H2,1-2H3. The van der Waals surface area contributed by atoms with Crippen LogP contribution in [0.2, 0.25) is 0 Å². The minimum Gasteiger partial charge on any atom is -0.491 e. The molecule has 6 heteroatoms. The first-order chi connectivity index (χ1) is 13.1. The van der Waals surface area contributed by atoms with E-state index in [1.54, 1.807) is 24.5 Å². The topological polar surface area (TPSA) is 59.7 Å². The van der Waals surface area contributed by atoms with E-state index < -0.39 is 0 Å². The van der Waals surface area contributed by atoms with Crippen LogP contribution in [0, 0.1) is 5.82 Å². The summed E-state index contributed by atoms with van der Waals surface area (Å²) in [5, 5.41) is 8.39. The largest absolute Gasteiger partial charge is 0.491 e. The average molecular weight is 364 g/mol. The number of halogens is 1. The van der Waals surface area contributed by atoms with Crippen molar-refractivity contribution in [1.29, 1.82) is 0 Å². The summed E-state index contributed by atoms with van der Waals surface area (Å²) in [4.78, 5) is 8.72. The van der Waals surface area contributed by atoms with Crippen molar-refractivity contribution in [2.75, 3.05) is 6.61 Å². The van der Waals surface area contributed by atoms with Gasteiger partial charge < -0.3 is 4.74 Å². The lowest BCUT2D eigenvalue weighted by Crippen LogP contribution is -2.02.